The van der Waals surface area contributed by atoms with E-state index in [2.05, 4.69) is 10.6 Å². The van der Waals surface area contributed by atoms with Crippen LogP contribution in [0, 0.1) is 0 Å². The molecule has 2 amide bonds. The molecule has 7 heteroatoms. The molecule has 0 aromatic rings. The molecule has 1 saturated carbocycles. The maximum atomic E-state index is 11.9. The average molecular weight is 328 g/mol. The number of rotatable bonds is 2. The van der Waals surface area contributed by atoms with Gasteiger partial charge in [0.25, 0.3) is 0 Å². The Morgan fingerprint density at radius 1 is 0.913 bits per heavy atom. The van der Waals surface area contributed by atoms with Gasteiger partial charge in [-0.25, -0.2) is 9.59 Å². The van der Waals surface area contributed by atoms with E-state index in [1.165, 1.54) is 0 Å². The molecule has 0 saturated heterocycles. The number of amides is 2. The molecular weight excluding hydrogens is 300 g/mol. The predicted octanol–water partition coefficient (Wildman–Crippen LogP) is 2.53. The quantitative estimate of drug-likeness (QED) is 0.812. The van der Waals surface area contributed by atoms with Crippen LogP contribution in [0.15, 0.2) is 0 Å². The highest BCUT2D eigenvalue weighted by molar-refractivity contribution is 5.81. The lowest BCUT2D eigenvalue weighted by Crippen LogP contribution is -2.56. The number of hydrogen-bond acceptors (Lipinski definition) is 5. The summed E-state index contributed by atoms with van der Waals surface area (Å²) in [6.45, 7) is 10.6. The van der Waals surface area contributed by atoms with E-state index in [1.54, 1.807) is 41.5 Å². The van der Waals surface area contributed by atoms with Crippen LogP contribution in [0.2, 0.25) is 0 Å². The molecule has 0 spiro atoms. The fraction of sp³-hybridized carbons (Fsp3) is 0.812. The van der Waals surface area contributed by atoms with Crippen LogP contribution in [0.3, 0.4) is 0 Å². The van der Waals surface area contributed by atoms with Gasteiger partial charge < -0.3 is 20.1 Å². The van der Waals surface area contributed by atoms with Gasteiger partial charge in [-0.3, -0.25) is 4.79 Å². The molecule has 23 heavy (non-hydrogen) atoms. The van der Waals surface area contributed by atoms with Crippen molar-refractivity contribution in [1.82, 2.24) is 10.6 Å². The van der Waals surface area contributed by atoms with E-state index in [1.807, 2.05) is 0 Å². The van der Waals surface area contributed by atoms with E-state index in [4.69, 9.17) is 9.47 Å². The zero-order valence-corrected chi connectivity index (χ0v) is 14.8. The van der Waals surface area contributed by atoms with Gasteiger partial charge in [0.2, 0.25) is 0 Å². The van der Waals surface area contributed by atoms with Crippen molar-refractivity contribution in [2.45, 2.75) is 84.1 Å². The summed E-state index contributed by atoms with van der Waals surface area (Å²) in [4.78, 5) is 35.5. The van der Waals surface area contributed by atoms with Crippen molar-refractivity contribution in [2.75, 3.05) is 0 Å². The molecule has 0 aromatic heterocycles. The van der Waals surface area contributed by atoms with Gasteiger partial charge in [0.1, 0.15) is 17.0 Å². The molecule has 132 valence electrons. The van der Waals surface area contributed by atoms with E-state index in [0.29, 0.717) is 12.8 Å². The third kappa shape index (κ3) is 7.85. The molecule has 0 bridgehead atoms. The maximum Gasteiger partial charge on any atom is 0.407 e. The smallest absolute Gasteiger partial charge is 0.407 e. The Balaban J connectivity index is 2.66. The van der Waals surface area contributed by atoms with Gasteiger partial charge in [0.05, 0.1) is 12.1 Å². The summed E-state index contributed by atoms with van der Waals surface area (Å²) in [7, 11) is 0. The molecule has 0 aromatic carbocycles. The topological polar surface area (TPSA) is 93.7 Å². The lowest BCUT2D eigenvalue weighted by molar-refractivity contribution is -0.121. The average Bonchev–Trinajstić information content (AvgIpc) is 2.27. The number of carbonyl (C=O) groups is 3. The first-order chi connectivity index (χ1) is 10.4. The van der Waals surface area contributed by atoms with Crippen molar-refractivity contribution >= 4 is 18.0 Å². The molecule has 1 aliphatic carbocycles. The Morgan fingerprint density at radius 3 is 1.78 bits per heavy atom. The minimum Gasteiger partial charge on any atom is -0.444 e. The van der Waals surface area contributed by atoms with Gasteiger partial charge >= 0.3 is 12.2 Å². The summed E-state index contributed by atoms with van der Waals surface area (Å²) in [6.07, 6.45) is -0.174. The van der Waals surface area contributed by atoms with Crippen molar-refractivity contribution < 1.29 is 23.9 Å². The molecule has 1 fully saturated rings. The van der Waals surface area contributed by atoms with Gasteiger partial charge in [0.15, 0.2) is 0 Å². The van der Waals surface area contributed by atoms with Crippen LogP contribution in [0.4, 0.5) is 9.59 Å². The minimum absolute atomic E-state index is 0.0493. The standard InChI is InChI=1S/C16H28N2O5/c1-15(2,3)22-13(20)17-11-8-7-10(19)9-12(11)18-14(21)23-16(4,5)6/h11-12H,7-9H2,1-6H3,(H,17,20)(H,18,21)/t11-,12-/m0/s1. The maximum absolute atomic E-state index is 11.9. The Hall–Kier alpha value is -1.79. The van der Waals surface area contributed by atoms with Crippen molar-refractivity contribution in [3.8, 4) is 0 Å². The van der Waals surface area contributed by atoms with Gasteiger partial charge in [0, 0.05) is 12.8 Å². The first kappa shape index (κ1) is 19.3. The largest absolute Gasteiger partial charge is 0.444 e. The lowest BCUT2D eigenvalue weighted by Gasteiger charge is -2.33. The Bertz CT molecular complexity index is 462. The molecule has 2 atom stereocenters. The van der Waals surface area contributed by atoms with Crippen LogP contribution in [-0.2, 0) is 14.3 Å². The molecule has 0 aliphatic heterocycles. The first-order valence-corrected chi connectivity index (χ1v) is 7.86. The second-order valence-electron chi connectivity index (χ2n) is 7.79. The number of hydrogen-bond donors (Lipinski definition) is 2. The predicted molar refractivity (Wildman–Crippen MR) is 85.2 cm³/mol. The van der Waals surface area contributed by atoms with Gasteiger partial charge in [-0.15, -0.1) is 0 Å². The van der Waals surface area contributed by atoms with E-state index in [-0.39, 0.29) is 18.2 Å². The Kier molecular flexibility index (Phi) is 6.02. The SMILES string of the molecule is CC(C)(C)OC(=O)N[C@H]1CCC(=O)C[C@@H]1NC(=O)OC(C)(C)C. The van der Waals surface area contributed by atoms with Crippen LogP contribution >= 0.6 is 0 Å². The molecule has 1 rings (SSSR count). The third-order valence-electron chi connectivity index (χ3n) is 3.07. The molecule has 0 radical (unpaired) electrons. The fourth-order valence-electron chi connectivity index (χ4n) is 2.25. The van der Waals surface area contributed by atoms with E-state index in [9.17, 15) is 14.4 Å². The highest BCUT2D eigenvalue weighted by Gasteiger charge is 2.33. The zero-order valence-electron chi connectivity index (χ0n) is 14.8. The van der Waals surface area contributed by atoms with E-state index in [0.717, 1.165) is 0 Å². The monoisotopic (exact) mass is 328 g/mol. The minimum atomic E-state index is -0.628. The van der Waals surface area contributed by atoms with Gasteiger partial charge in [-0.2, -0.15) is 0 Å². The third-order valence-corrected chi connectivity index (χ3v) is 3.07. The summed E-state index contributed by atoms with van der Waals surface area (Å²) >= 11 is 0. The molecule has 7 nitrogen and oxygen atoms in total. The molecule has 1 aliphatic rings. The Labute approximate surface area is 137 Å². The van der Waals surface area contributed by atoms with Crippen molar-refractivity contribution in [1.29, 1.82) is 0 Å². The van der Waals surface area contributed by atoms with Crippen molar-refractivity contribution in [2.24, 2.45) is 0 Å². The summed E-state index contributed by atoms with van der Waals surface area (Å²) in [5.74, 6) is 0.0493. The summed E-state index contributed by atoms with van der Waals surface area (Å²) in [6, 6.07) is -0.867. The molecule has 0 unspecified atom stereocenters. The van der Waals surface area contributed by atoms with Gasteiger partial charge in [-0.1, -0.05) is 0 Å². The highest BCUT2D eigenvalue weighted by Crippen LogP contribution is 2.18. The van der Waals surface area contributed by atoms with Crippen molar-refractivity contribution in [3.05, 3.63) is 0 Å². The second kappa shape index (κ2) is 7.19. The van der Waals surface area contributed by atoms with Crippen molar-refractivity contribution in [3.63, 3.8) is 0 Å². The number of ketones is 1. The van der Waals surface area contributed by atoms with E-state index >= 15 is 0 Å². The van der Waals surface area contributed by atoms with Crippen LogP contribution < -0.4 is 10.6 Å². The fourth-order valence-corrected chi connectivity index (χ4v) is 2.25. The number of alkyl carbamates (subject to hydrolysis) is 2. The van der Waals surface area contributed by atoms with Gasteiger partial charge in [-0.05, 0) is 48.0 Å². The summed E-state index contributed by atoms with van der Waals surface area (Å²) in [5, 5.41) is 5.40. The number of Topliss-reactive ketones (excluding diaryl/α,β-unsaturated/α-hetero) is 1. The molecular formula is C16H28N2O5. The summed E-state index contributed by atoms with van der Waals surface area (Å²) < 4.78 is 10.4. The van der Waals surface area contributed by atoms with Crippen LogP contribution in [0.5, 0.6) is 0 Å². The van der Waals surface area contributed by atoms with Crippen LogP contribution in [-0.4, -0.2) is 41.3 Å². The zero-order chi connectivity index (χ0) is 17.8. The first-order valence-electron chi connectivity index (χ1n) is 7.86. The van der Waals surface area contributed by atoms with Crippen LogP contribution in [0.25, 0.3) is 0 Å². The number of nitrogens with one attached hydrogen (secondary N) is 2. The lowest BCUT2D eigenvalue weighted by atomic mass is 9.89. The molecule has 0 heterocycles. The molecule has 2 N–H and O–H groups in total. The number of carbonyl (C=O) groups excluding carboxylic acids is 3. The summed E-state index contributed by atoms with van der Waals surface area (Å²) in [5.41, 5.74) is -1.24. The Morgan fingerprint density at radius 2 is 1.35 bits per heavy atom. The highest BCUT2D eigenvalue weighted by atomic mass is 16.6. The van der Waals surface area contributed by atoms with Crippen LogP contribution in [0.1, 0.15) is 60.8 Å². The normalized spacial score (nSPS) is 22.3. The van der Waals surface area contributed by atoms with E-state index < -0.39 is 29.4 Å². The number of ether oxygens (including phenoxy) is 2. The second-order valence-corrected chi connectivity index (χ2v) is 7.79.